The van der Waals surface area contributed by atoms with Crippen molar-refractivity contribution in [3.8, 4) is 0 Å². The SMILES string of the molecule is CC1=C(C)C[C@@H](C(=O)O)[C@@H](C(=O)N[C@@H](C)C(C)(C)C)C1. The van der Waals surface area contributed by atoms with E-state index in [0.29, 0.717) is 12.8 Å². The zero-order valence-corrected chi connectivity index (χ0v) is 13.4. The minimum absolute atomic E-state index is 0.0109. The molecule has 1 aliphatic rings. The third-order valence-electron chi connectivity index (χ3n) is 4.58. The first-order valence-corrected chi connectivity index (χ1v) is 7.22. The Balaban J connectivity index is 2.87. The molecule has 0 aromatic heterocycles. The number of carboxylic acid groups (broad SMARTS) is 1. The van der Waals surface area contributed by atoms with E-state index >= 15 is 0 Å². The van der Waals surface area contributed by atoms with Crippen LogP contribution in [0.3, 0.4) is 0 Å². The van der Waals surface area contributed by atoms with Gasteiger partial charge < -0.3 is 10.4 Å². The summed E-state index contributed by atoms with van der Waals surface area (Å²) in [5.41, 5.74) is 2.21. The summed E-state index contributed by atoms with van der Waals surface area (Å²) in [6, 6.07) is 0.0109. The molecule has 0 unspecified atom stereocenters. The van der Waals surface area contributed by atoms with Crippen molar-refractivity contribution in [2.24, 2.45) is 17.3 Å². The van der Waals surface area contributed by atoms with E-state index in [9.17, 15) is 14.7 Å². The number of carboxylic acids is 1. The molecule has 0 saturated heterocycles. The summed E-state index contributed by atoms with van der Waals surface area (Å²) in [5.74, 6) is -2.07. The Morgan fingerprint density at radius 1 is 1.15 bits per heavy atom. The van der Waals surface area contributed by atoms with Crippen LogP contribution in [-0.2, 0) is 9.59 Å². The lowest BCUT2D eigenvalue weighted by Crippen LogP contribution is -2.47. The number of allylic oxidation sites excluding steroid dienone is 2. The molecule has 0 bridgehead atoms. The molecule has 0 radical (unpaired) electrons. The van der Waals surface area contributed by atoms with E-state index in [4.69, 9.17) is 0 Å². The lowest BCUT2D eigenvalue weighted by atomic mass is 9.75. The molecule has 114 valence electrons. The molecule has 0 heterocycles. The number of aliphatic carboxylic acids is 1. The molecule has 1 rings (SSSR count). The first-order chi connectivity index (χ1) is 9.04. The van der Waals surface area contributed by atoms with Crippen LogP contribution in [0.4, 0.5) is 0 Å². The lowest BCUT2D eigenvalue weighted by molar-refractivity contribution is -0.147. The Bertz CT molecular complexity index is 431. The topological polar surface area (TPSA) is 66.4 Å². The monoisotopic (exact) mass is 281 g/mol. The van der Waals surface area contributed by atoms with E-state index < -0.39 is 17.8 Å². The van der Waals surface area contributed by atoms with Crippen LogP contribution in [0.2, 0.25) is 0 Å². The molecule has 4 nitrogen and oxygen atoms in total. The molecule has 3 atom stereocenters. The molecular formula is C16H27NO3. The molecule has 1 aliphatic carbocycles. The van der Waals surface area contributed by atoms with Gasteiger partial charge in [-0.05, 0) is 39.0 Å². The van der Waals surface area contributed by atoms with Crippen LogP contribution in [0.15, 0.2) is 11.1 Å². The molecule has 4 heteroatoms. The highest BCUT2D eigenvalue weighted by Gasteiger charge is 2.38. The molecule has 2 N–H and O–H groups in total. The molecule has 0 saturated carbocycles. The van der Waals surface area contributed by atoms with Crippen LogP contribution in [0.1, 0.15) is 54.4 Å². The van der Waals surface area contributed by atoms with Crippen LogP contribution in [0.25, 0.3) is 0 Å². The van der Waals surface area contributed by atoms with E-state index in [0.717, 1.165) is 11.1 Å². The highest BCUT2D eigenvalue weighted by Crippen LogP contribution is 2.34. The summed E-state index contributed by atoms with van der Waals surface area (Å²) in [6.45, 7) is 12.1. The Morgan fingerprint density at radius 3 is 2.00 bits per heavy atom. The van der Waals surface area contributed by atoms with Gasteiger partial charge in [0.1, 0.15) is 0 Å². The number of hydrogen-bond donors (Lipinski definition) is 2. The fraction of sp³-hybridized carbons (Fsp3) is 0.750. The number of hydrogen-bond acceptors (Lipinski definition) is 2. The molecule has 0 aromatic rings. The maximum Gasteiger partial charge on any atom is 0.307 e. The van der Waals surface area contributed by atoms with E-state index in [1.807, 2.05) is 20.8 Å². The number of rotatable bonds is 3. The van der Waals surface area contributed by atoms with Crippen LogP contribution in [-0.4, -0.2) is 23.0 Å². The van der Waals surface area contributed by atoms with Gasteiger partial charge in [-0.15, -0.1) is 0 Å². The number of carbonyl (C=O) groups is 2. The zero-order chi connectivity index (χ0) is 15.7. The van der Waals surface area contributed by atoms with Gasteiger partial charge in [0.25, 0.3) is 0 Å². The van der Waals surface area contributed by atoms with Crippen LogP contribution < -0.4 is 5.32 Å². The van der Waals surface area contributed by atoms with E-state index in [1.54, 1.807) is 0 Å². The molecular weight excluding hydrogens is 254 g/mol. The molecule has 0 fully saturated rings. The van der Waals surface area contributed by atoms with E-state index in [-0.39, 0.29) is 17.4 Å². The van der Waals surface area contributed by atoms with Crippen molar-refractivity contribution in [2.75, 3.05) is 0 Å². The Morgan fingerprint density at radius 2 is 1.60 bits per heavy atom. The fourth-order valence-corrected chi connectivity index (χ4v) is 2.36. The maximum atomic E-state index is 12.4. The predicted molar refractivity (Wildman–Crippen MR) is 79.3 cm³/mol. The van der Waals surface area contributed by atoms with E-state index in [1.165, 1.54) is 0 Å². The highest BCUT2D eigenvalue weighted by atomic mass is 16.4. The standard InChI is InChI=1S/C16H27NO3/c1-9-7-12(13(15(19)20)8-10(9)2)14(18)17-11(3)16(4,5)6/h11-13H,7-8H2,1-6H3,(H,17,18)(H,19,20)/t11-,12-,13+/m0/s1. The normalized spacial score (nSPS) is 25.3. The Kier molecular flexibility index (Phi) is 5.00. The Labute approximate surface area is 121 Å². The molecule has 0 aliphatic heterocycles. The summed E-state index contributed by atoms with van der Waals surface area (Å²) in [4.78, 5) is 23.8. The van der Waals surface area contributed by atoms with Gasteiger partial charge in [0, 0.05) is 6.04 Å². The smallest absolute Gasteiger partial charge is 0.307 e. The van der Waals surface area contributed by atoms with Gasteiger partial charge in [0.2, 0.25) is 5.91 Å². The largest absolute Gasteiger partial charge is 0.481 e. The summed E-state index contributed by atoms with van der Waals surface area (Å²) < 4.78 is 0. The second-order valence-corrected chi connectivity index (χ2v) is 7.12. The lowest BCUT2D eigenvalue weighted by Gasteiger charge is -2.33. The third-order valence-corrected chi connectivity index (χ3v) is 4.58. The van der Waals surface area contributed by atoms with Gasteiger partial charge in [-0.2, -0.15) is 0 Å². The minimum atomic E-state index is -0.875. The highest BCUT2D eigenvalue weighted by molar-refractivity contribution is 5.85. The summed E-state index contributed by atoms with van der Waals surface area (Å²) >= 11 is 0. The number of nitrogens with one attached hydrogen (secondary N) is 1. The third kappa shape index (κ3) is 3.84. The van der Waals surface area contributed by atoms with Crippen LogP contribution in [0, 0.1) is 17.3 Å². The van der Waals surface area contributed by atoms with Crippen molar-refractivity contribution in [1.29, 1.82) is 0 Å². The van der Waals surface area contributed by atoms with Crippen molar-refractivity contribution < 1.29 is 14.7 Å². The first-order valence-electron chi connectivity index (χ1n) is 7.22. The summed E-state index contributed by atoms with van der Waals surface area (Å²) in [6.07, 6.45) is 1.02. The minimum Gasteiger partial charge on any atom is -0.481 e. The van der Waals surface area contributed by atoms with Crippen molar-refractivity contribution in [1.82, 2.24) is 5.32 Å². The second-order valence-electron chi connectivity index (χ2n) is 7.12. The summed E-state index contributed by atoms with van der Waals surface area (Å²) in [7, 11) is 0. The van der Waals surface area contributed by atoms with Crippen molar-refractivity contribution >= 4 is 11.9 Å². The van der Waals surface area contributed by atoms with Gasteiger partial charge in [-0.25, -0.2) is 0 Å². The number of carbonyl (C=O) groups excluding carboxylic acids is 1. The quantitative estimate of drug-likeness (QED) is 0.782. The Hall–Kier alpha value is -1.32. The average Bonchev–Trinajstić information content (AvgIpc) is 2.30. The zero-order valence-electron chi connectivity index (χ0n) is 13.4. The second kappa shape index (κ2) is 5.98. The van der Waals surface area contributed by atoms with Gasteiger partial charge in [-0.3, -0.25) is 9.59 Å². The van der Waals surface area contributed by atoms with Crippen LogP contribution in [0.5, 0.6) is 0 Å². The number of amides is 1. The first kappa shape index (κ1) is 16.7. The molecule has 1 amide bonds. The van der Waals surface area contributed by atoms with Crippen LogP contribution >= 0.6 is 0 Å². The molecule has 0 spiro atoms. The van der Waals surface area contributed by atoms with Gasteiger partial charge >= 0.3 is 5.97 Å². The van der Waals surface area contributed by atoms with Crippen molar-refractivity contribution in [2.45, 2.75) is 60.4 Å². The maximum absolute atomic E-state index is 12.4. The molecule has 0 aromatic carbocycles. The summed E-state index contributed by atoms with van der Waals surface area (Å²) in [5, 5.41) is 12.3. The van der Waals surface area contributed by atoms with Crippen molar-refractivity contribution in [3.05, 3.63) is 11.1 Å². The van der Waals surface area contributed by atoms with Crippen molar-refractivity contribution in [3.63, 3.8) is 0 Å². The van der Waals surface area contributed by atoms with Gasteiger partial charge in [0.15, 0.2) is 0 Å². The van der Waals surface area contributed by atoms with E-state index in [2.05, 4.69) is 26.1 Å². The predicted octanol–water partition coefficient (Wildman–Crippen LogP) is 2.98. The van der Waals surface area contributed by atoms with Gasteiger partial charge in [-0.1, -0.05) is 31.9 Å². The fourth-order valence-electron chi connectivity index (χ4n) is 2.36. The molecule has 20 heavy (non-hydrogen) atoms. The average molecular weight is 281 g/mol. The van der Waals surface area contributed by atoms with Gasteiger partial charge in [0.05, 0.1) is 11.8 Å².